The number of amides is 1. The van der Waals surface area contributed by atoms with E-state index in [1.807, 2.05) is 18.7 Å². The molecule has 1 aliphatic rings. The third-order valence-corrected chi connectivity index (χ3v) is 5.69. The maximum Gasteiger partial charge on any atom is 0.285 e. The second-order valence-corrected chi connectivity index (χ2v) is 6.70. The van der Waals surface area contributed by atoms with Gasteiger partial charge in [-0.15, -0.1) is 0 Å². The van der Waals surface area contributed by atoms with Gasteiger partial charge >= 0.3 is 0 Å². The van der Waals surface area contributed by atoms with E-state index < -0.39 is 0 Å². The first-order chi connectivity index (χ1) is 10.9. The molecule has 0 aromatic heterocycles. The Labute approximate surface area is 171 Å². The van der Waals surface area contributed by atoms with Crippen LogP contribution in [0, 0.1) is 19.7 Å². The molecule has 1 heterocycles. The summed E-state index contributed by atoms with van der Waals surface area (Å²) in [5.74, 6) is -0.0230. The first-order valence-electron chi connectivity index (χ1n) is 8.84. The van der Waals surface area contributed by atoms with E-state index in [1.165, 1.54) is 12.1 Å². The van der Waals surface area contributed by atoms with Crippen molar-refractivity contribution in [3.05, 3.63) is 29.1 Å². The number of rotatable bonds is 5. The van der Waals surface area contributed by atoms with Gasteiger partial charge in [-0.1, -0.05) is 0 Å². The van der Waals surface area contributed by atoms with Crippen LogP contribution >= 0.6 is 0 Å². The molecular formula is C19H30FN2OY+. The second kappa shape index (κ2) is 8.87. The van der Waals surface area contributed by atoms with Gasteiger partial charge in [0, 0.05) is 51.4 Å². The monoisotopic (exact) mass is 410 g/mol. The fraction of sp³-hybridized carbons (Fsp3) is 0.632. The molecular weight excluding hydrogens is 380 g/mol. The molecule has 1 saturated heterocycles. The molecule has 1 unspecified atom stereocenters. The second-order valence-electron chi connectivity index (χ2n) is 6.70. The first kappa shape index (κ1) is 21.7. The number of aryl methyl sites for hydroxylation is 2. The molecule has 1 radical (unpaired) electrons. The largest absolute Gasteiger partial charge is 0.314 e. The Morgan fingerprint density at radius 2 is 1.62 bits per heavy atom. The standard InChI is InChI=1S/C19H30FN2O.Y/c1-6-22(7-2,8-3)17-10-9-11-21(19(17)23)18-14(4)12-16(20)13-15(18)5;/h12-13,17H,6-11H2,1-5H3;/q+1;. The molecule has 1 fully saturated rings. The molecule has 2 rings (SSSR count). The van der Waals surface area contributed by atoms with Crippen LogP contribution in [-0.4, -0.2) is 42.6 Å². The number of piperidine rings is 1. The third kappa shape index (κ3) is 3.91. The van der Waals surface area contributed by atoms with Crippen LogP contribution in [0.1, 0.15) is 44.7 Å². The van der Waals surface area contributed by atoms with E-state index in [0.717, 1.165) is 60.3 Å². The maximum absolute atomic E-state index is 13.6. The molecule has 1 aromatic rings. The topological polar surface area (TPSA) is 20.3 Å². The van der Waals surface area contributed by atoms with Crippen LogP contribution in [-0.2, 0) is 37.5 Å². The number of hydrogen-bond acceptors (Lipinski definition) is 1. The Bertz CT molecular complexity index is 555. The summed E-state index contributed by atoms with van der Waals surface area (Å²) < 4.78 is 14.4. The van der Waals surface area contributed by atoms with Crippen molar-refractivity contribution in [3.8, 4) is 0 Å². The summed E-state index contributed by atoms with van der Waals surface area (Å²) in [4.78, 5) is 15.2. The predicted octanol–water partition coefficient (Wildman–Crippen LogP) is 3.81. The average molecular weight is 410 g/mol. The molecule has 1 amide bonds. The smallest absolute Gasteiger partial charge is 0.285 e. The molecule has 1 aromatic carbocycles. The molecule has 3 nitrogen and oxygen atoms in total. The average Bonchev–Trinajstić information content (AvgIpc) is 2.51. The van der Waals surface area contributed by atoms with Gasteiger partial charge in [0.2, 0.25) is 0 Å². The normalized spacial score (nSPS) is 18.5. The molecule has 0 aliphatic carbocycles. The van der Waals surface area contributed by atoms with Crippen molar-refractivity contribution in [3.63, 3.8) is 0 Å². The van der Waals surface area contributed by atoms with Crippen molar-refractivity contribution in [2.24, 2.45) is 0 Å². The summed E-state index contributed by atoms with van der Waals surface area (Å²) >= 11 is 0. The minimum Gasteiger partial charge on any atom is -0.314 e. The number of quaternary nitrogens is 1. The molecule has 1 atom stereocenters. The minimum absolute atomic E-state index is 0. The first-order valence-corrected chi connectivity index (χ1v) is 8.84. The summed E-state index contributed by atoms with van der Waals surface area (Å²) in [6, 6.07) is 3.08. The zero-order chi connectivity index (χ0) is 17.2. The van der Waals surface area contributed by atoms with Crippen molar-refractivity contribution in [2.75, 3.05) is 31.1 Å². The van der Waals surface area contributed by atoms with Crippen LogP contribution in [0.25, 0.3) is 0 Å². The van der Waals surface area contributed by atoms with Gasteiger partial charge in [0.15, 0.2) is 6.04 Å². The number of benzene rings is 1. The number of carbonyl (C=O) groups is 1. The fourth-order valence-electron chi connectivity index (χ4n) is 4.25. The molecule has 131 valence electrons. The molecule has 0 saturated carbocycles. The summed E-state index contributed by atoms with van der Waals surface area (Å²) in [6.45, 7) is 14.0. The van der Waals surface area contributed by atoms with Crippen LogP contribution in [0.4, 0.5) is 10.1 Å². The Kier molecular flexibility index (Phi) is 8.03. The van der Waals surface area contributed by atoms with E-state index in [9.17, 15) is 9.18 Å². The SMILES string of the molecule is CC[N+](CC)(CC)C1CCCN(c2c(C)cc(F)cc2C)C1=O.[Y]. The number of anilines is 1. The summed E-state index contributed by atoms with van der Waals surface area (Å²) in [7, 11) is 0. The Balaban J connectivity index is 0.00000288. The van der Waals surface area contributed by atoms with E-state index in [1.54, 1.807) is 0 Å². The van der Waals surface area contributed by atoms with Crippen molar-refractivity contribution >= 4 is 11.6 Å². The molecule has 0 spiro atoms. The van der Waals surface area contributed by atoms with Crippen molar-refractivity contribution < 1.29 is 46.4 Å². The van der Waals surface area contributed by atoms with Crippen LogP contribution in [0.15, 0.2) is 12.1 Å². The van der Waals surface area contributed by atoms with Gasteiger partial charge in [0.25, 0.3) is 5.91 Å². The van der Waals surface area contributed by atoms with Gasteiger partial charge in [-0.3, -0.25) is 4.79 Å². The third-order valence-electron chi connectivity index (χ3n) is 5.69. The summed E-state index contributed by atoms with van der Waals surface area (Å²) in [5, 5.41) is 0. The predicted molar refractivity (Wildman–Crippen MR) is 93.1 cm³/mol. The quantitative estimate of drug-likeness (QED) is 0.676. The number of halogens is 1. The van der Waals surface area contributed by atoms with Crippen molar-refractivity contribution in [1.82, 2.24) is 0 Å². The molecule has 1 aliphatic heterocycles. The summed E-state index contributed by atoms with van der Waals surface area (Å²) in [6.07, 6.45) is 1.96. The van der Waals surface area contributed by atoms with Gasteiger partial charge in [-0.2, -0.15) is 0 Å². The van der Waals surface area contributed by atoms with Gasteiger partial charge < -0.3 is 9.38 Å². The van der Waals surface area contributed by atoms with Crippen molar-refractivity contribution in [1.29, 1.82) is 0 Å². The zero-order valence-corrected chi connectivity index (χ0v) is 18.6. The van der Waals surface area contributed by atoms with E-state index in [-0.39, 0.29) is 50.5 Å². The fourth-order valence-corrected chi connectivity index (χ4v) is 4.25. The van der Waals surface area contributed by atoms with Crippen LogP contribution in [0.5, 0.6) is 0 Å². The van der Waals surface area contributed by atoms with E-state index in [4.69, 9.17) is 0 Å². The molecule has 5 heteroatoms. The number of carbonyl (C=O) groups excluding carboxylic acids is 1. The minimum atomic E-state index is -0.231. The maximum atomic E-state index is 13.6. The Morgan fingerprint density at radius 3 is 2.08 bits per heavy atom. The van der Waals surface area contributed by atoms with Gasteiger partial charge in [-0.25, -0.2) is 4.39 Å². The van der Waals surface area contributed by atoms with Crippen LogP contribution in [0.2, 0.25) is 0 Å². The van der Waals surface area contributed by atoms with E-state index in [2.05, 4.69) is 20.8 Å². The van der Waals surface area contributed by atoms with Crippen LogP contribution in [0.3, 0.4) is 0 Å². The molecule has 24 heavy (non-hydrogen) atoms. The number of hydrogen-bond donors (Lipinski definition) is 0. The Hall–Kier alpha value is -0.316. The zero-order valence-electron chi connectivity index (χ0n) is 15.7. The Morgan fingerprint density at radius 1 is 1.12 bits per heavy atom. The van der Waals surface area contributed by atoms with Gasteiger partial charge in [0.1, 0.15) is 5.82 Å². The molecule has 0 bridgehead atoms. The van der Waals surface area contributed by atoms with E-state index >= 15 is 0 Å². The summed E-state index contributed by atoms with van der Waals surface area (Å²) in [5.41, 5.74) is 2.60. The van der Waals surface area contributed by atoms with E-state index in [0.29, 0.717) is 0 Å². The van der Waals surface area contributed by atoms with Gasteiger partial charge in [-0.05, 0) is 64.3 Å². The number of nitrogens with zero attached hydrogens (tertiary/aromatic N) is 2. The molecule has 0 N–H and O–H groups in total. The van der Waals surface area contributed by atoms with Crippen LogP contribution < -0.4 is 4.90 Å². The van der Waals surface area contributed by atoms with Crippen molar-refractivity contribution in [2.45, 2.75) is 53.5 Å². The van der Waals surface area contributed by atoms with Gasteiger partial charge in [0.05, 0.1) is 19.6 Å². The number of likely N-dealkylation sites (N-methyl/N-ethyl adjacent to an activating group) is 1.